The Balaban J connectivity index is 3.05. The summed E-state index contributed by atoms with van der Waals surface area (Å²) in [4.78, 5) is 0. The fraction of sp³-hybridized carbons (Fsp3) is 0.500. The van der Waals surface area contributed by atoms with Gasteiger partial charge in [-0.2, -0.15) is 5.26 Å². The molecule has 0 aliphatic rings. The summed E-state index contributed by atoms with van der Waals surface area (Å²) < 4.78 is 14.3. The van der Waals surface area contributed by atoms with Gasteiger partial charge in [0.25, 0.3) is 0 Å². The van der Waals surface area contributed by atoms with E-state index in [1.165, 1.54) is 0 Å². The fourth-order valence-electron chi connectivity index (χ4n) is 1.79. The van der Waals surface area contributed by atoms with Crippen molar-refractivity contribution >= 4 is 21.6 Å². The Morgan fingerprint density at radius 2 is 2.11 bits per heavy atom. The quantitative estimate of drug-likeness (QED) is 0.886. The van der Waals surface area contributed by atoms with Crippen LogP contribution in [0.2, 0.25) is 0 Å². The highest BCUT2D eigenvalue weighted by molar-refractivity contribution is 9.10. The van der Waals surface area contributed by atoms with Crippen LogP contribution in [0, 0.1) is 22.6 Å². The molecular formula is C14H18BrFN2O. The molecule has 1 atom stereocenters. The number of nitrogens with zero attached hydrogens (tertiary/aromatic N) is 1. The van der Waals surface area contributed by atoms with E-state index in [0.717, 1.165) is 0 Å². The van der Waals surface area contributed by atoms with Crippen LogP contribution in [-0.2, 0) is 0 Å². The number of hydrogen-bond acceptors (Lipinski definition) is 3. The molecule has 0 saturated heterocycles. The zero-order chi connectivity index (χ0) is 14.6. The van der Waals surface area contributed by atoms with Crippen LogP contribution in [0.1, 0.15) is 32.8 Å². The van der Waals surface area contributed by atoms with E-state index in [1.807, 2.05) is 26.8 Å². The summed E-state index contributed by atoms with van der Waals surface area (Å²) in [7, 11) is 0. The summed E-state index contributed by atoms with van der Waals surface area (Å²) >= 11 is 3.08. The summed E-state index contributed by atoms with van der Waals surface area (Å²) in [6.07, 6.45) is 0.528. The molecule has 0 aliphatic heterocycles. The number of aliphatic hydroxyl groups excluding tert-OH is 1. The molecule has 0 spiro atoms. The maximum Gasteiger partial charge on any atom is 0.161 e. The van der Waals surface area contributed by atoms with E-state index in [9.17, 15) is 4.39 Å². The second-order valence-corrected chi connectivity index (χ2v) is 6.27. The van der Waals surface area contributed by atoms with Gasteiger partial charge in [0.05, 0.1) is 15.7 Å². The molecule has 3 nitrogen and oxygen atoms in total. The monoisotopic (exact) mass is 328 g/mol. The molecule has 0 aromatic heterocycles. The number of aliphatic hydroxyl groups is 1. The Bertz CT molecular complexity index is 491. The smallest absolute Gasteiger partial charge is 0.161 e. The van der Waals surface area contributed by atoms with Gasteiger partial charge in [-0.1, -0.05) is 20.8 Å². The van der Waals surface area contributed by atoms with Crippen molar-refractivity contribution in [1.82, 2.24) is 0 Å². The average Bonchev–Trinajstić information content (AvgIpc) is 2.33. The molecule has 0 heterocycles. The molecule has 1 rings (SSSR count). The third-order valence-corrected chi connectivity index (χ3v) is 3.77. The molecule has 104 valence electrons. The summed E-state index contributed by atoms with van der Waals surface area (Å²) in [5, 5.41) is 21.0. The minimum Gasteiger partial charge on any atom is -0.396 e. The van der Waals surface area contributed by atoms with Crippen molar-refractivity contribution in [1.29, 1.82) is 5.26 Å². The number of nitriles is 1. The third kappa shape index (κ3) is 3.92. The van der Waals surface area contributed by atoms with Crippen molar-refractivity contribution < 1.29 is 9.50 Å². The minimum atomic E-state index is -0.480. The van der Waals surface area contributed by atoms with Crippen molar-refractivity contribution in [3.63, 3.8) is 0 Å². The number of benzene rings is 1. The first kappa shape index (κ1) is 15.9. The van der Waals surface area contributed by atoms with Crippen molar-refractivity contribution in [2.45, 2.75) is 33.2 Å². The molecule has 0 amide bonds. The Morgan fingerprint density at radius 1 is 1.47 bits per heavy atom. The Labute approximate surface area is 121 Å². The molecule has 0 saturated carbocycles. The van der Waals surface area contributed by atoms with Crippen LogP contribution in [0.5, 0.6) is 0 Å². The number of hydrogen-bond donors (Lipinski definition) is 2. The number of nitrogens with one attached hydrogen (secondary N) is 1. The molecular weight excluding hydrogens is 311 g/mol. The predicted molar refractivity (Wildman–Crippen MR) is 77.4 cm³/mol. The van der Waals surface area contributed by atoms with Crippen molar-refractivity contribution in [2.75, 3.05) is 11.9 Å². The van der Waals surface area contributed by atoms with Gasteiger partial charge in [-0.3, -0.25) is 0 Å². The van der Waals surface area contributed by atoms with E-state index in [0.29, 0.717) is 12.1 Å². The van der Waals surface area contributed by atoms with Crippen molar-refractivity contribution in [3.05, 3.63) is 28.0 Å². The van der Waals surface area contributed by atoms with E-state index in [1.54, 1.807) is 12.1 Å². The highest BCUT2D eigenvalue weighted by atomic mass is 79.9. The minimum absolute atomic E-state index is 0.0357. The molecule has 0 radical (unpaired) electrons. The summed E-state index contributed by atoms with van der Waals surface area (Å²) in [5.74, 6) is -0.480. The first-order valence-corrected chi connectivity index (χ1v) is 6.86. The average molecular weight is 329 g/mol. The Morgan fingerprint density at radius 3 is 2.58 bits per heavy atom. The lowest BCUT2D eigenvalue weighted by Gasteiger charge is -2.32. The molecule has 2 N–H and O–H groups in total. The molecule has 0 fully saturated rings. The molecule has 0 bridgehead atoms. The largest absolute Gasteiger partial charge is 0.396 e. The lowest BCUT2D eigenvalue weighted by Crippen LogP contribution is -2.35. The second-order valence-electron chi connectivity index (χ2n) is 5.48. The van der Waals surface area contributed by atoms with Crippen LogP contribution >= 0.6 is 15.9 Å². The van der Waals surface area contributed by atoms with Gasteiger partial charge < -0.3 is 10.4 Å². The fourth-order valence-corrected chi connectivity index (χ4v) is 2.22. The maximum atomic E-state index is 14.1. The van der Waals surface area contributed by atoms with Gasteiger partial charge in [-0.05, 0) is 39.9 Å². The number of rotatable bonds is 4. The molecule has 1 unspecified atom stereocenters. The van der Waals surface area contributed by atoms with Crippen LogP contribution in [0.25, 0.3) is 0 Å². The van der Waals surface area contributed by atoms with Gasteiger partial charge in [0, 0.05) is 12.6 Å². The highest BCUT2D eigenvalue weighted by Crippen LogP contribution is 2.30. The van der Waals surface area contributed by atoms with Crippen LogP contribution < -0.4 is 5.32 Å². The summed E-state index contributed by atoms with van der Waals surface area (Å²) in [5.41, 5.74) is 0.479. The zero-order valence-corrected chi connectivity index (χ0v) is 12.9. The van der Waals surface area contributed by atoms with Gasteiger partial charge in [0.15, 0.2) is 5.82 Å². The topological polar surface area (TPSA) is 56.0 Å². The van der Waals surface area contributed by atoms with E-state index in [-0.39, 0.29) is 28.1 Å². The molecule has 1 aromatic carbocycles. The van der Waals surface area contributed by atoms with E-state index >= 15 is 0 Å². The van der Waals surface area contributed by atoms with Gasteiger partial charge >= 0.3 is 0 Å². The number of halogens is 2. The standard InChI is InChI=1S/C14H18BrFN2O/c1-14(2,3)11(6-7-19)18-10-5-4-9(8-17)12(15)13(10)16/h4-5,11,18-19H,6-7H2,1-3H3. The van der Waals surface area contributed by atoms with Gasteiger partial charge in [-0.15, -0.1) is 0 Å². The van der Waals surface area contributed by atoms with Crippen LogP contribution in [-0.4, -0.2) is 17.8 Å². The van der Waals surface area contributed by atoms with Crippen molar-refractivity contribution in [2.24, 2.45) is 5.41 Å². The highest BCUT2D eigenvalue weighted by Gasteiger charge is 2.25. The first-order valence-electron chi connectivity index (χ1n) is 6.06. The molecule has 0 aliphatic carbocycles. The summed E-state index contributed by atoms with van der Waals surface area (Å²) in [6.45, 7) is 6.11. The Kier molecular flexibility index (Phi) is 5.33. The van der Waals surface area contributed by atoms with E-state index in [2.05, 4.69) is 21.2 Å². The normalized spacial score (nSPS) is 12.9. The third-order valence-electron chi connectivity index (χ3n) is 3.00. The number of anilines is 1. The molecule has 1 aromatic rings. The first-order chi connectivity index (χ1) is 8.81. The van der Waals surface area contributed by atoms with E-state index < -0.39 is 5.82 Å². The maximum absolute atomic E-state index is 14.1. The van der Waals surface area contributed by atoms with Gasteiger partial charge in [0.1, 0.15) is 6.07 Å². The molecule has 19 heavy (non-hydrogen) atoms. The van der Waals surface area contributed by atoms with Crippen molar-refractivity contribution in [3.8, 4) is 6.07 Å². The van der Waals surface area contributed by atoms with E-state index in [4.69, 9.17) is 10.4 Å². The van der Waals surface area contributed by atoms with Crippen LogP contribution in [0.4, 0.5) is 10.1 Å². The van der Waals surface area contributed by atoms with Crippen LogP contribution in [0.3, 0.4) is 0 Å². The second kappa shape index (κ2) is 6.36. The zero-order valence-electron chi connectivity index (χ0n) is 11.3. The summed E-state index contributed by atoms with van der Waals surface area (Å²) in [6, 6.07) is 4.97. The predicted octanol–water partition coefficient (Wildman–Crippen LogP) is 3.67. The van der Waals surface area contributed by atoms with Gasteiger partial charge in [-0.25, -0.2) is 4.39 Å². The lowest BCUT2D eigenvalue weighted by molar-refractivity contribution is 0.235. The molecule has 5 heteroatoms. The lowest BCUT2D eigenvalue weighted by atomic mass is 9.84. The van der Waals surface area contributed by atoms with Gasteiger partial charge in [0.2, 0.25) is 0 Å². The SMILES string of the molecule is CC(C)(C)C(CCO)Nc1ccc(C#N)c(Br)c1F. The Hall–Kier alpha value is -1.12. The van der Waals surface area contributed by atoms with Crippen LogP contribution in [0.15, 0.2) is 16.6 Å².